The third-order valence-electron chi connectivity index (χ3n) is 6.39. The number of carbonyl (C=O) groups excluding carboxylic acids is 2. The van der Waals surface area contributed by atoms with Crippen LogP contribution < -0.4 is 4.74 Å². The van der Waals surface area contributed by atoms with Crippen molar-refractivity contribution in [3.8, 4) is 28.7 Å². The number of ether oxygens (including phenoxy) is 2. The fourth-order valence-electron chi connectivity index (χ4n) is 4.23. The summed E-state index contributed by atoms with van der Waals surface area (Å²) in [6.45, 7) is 2.44. The van der Waals surface area contributed by atoms with E-state index in [1.54, 1.807) is 61.5 Å². The van der Waals surface area contributed by atoms with Crippen LogP contribution in [0.2, 0.25) is 0 Å². The molecule has 0 aromatic heterocycles. The molecular formula is C30H24F4O4. The maximum atomic E-state index is 14.2. The van der Waals surface area contributed by atoms with E-state index in [9.17, 15) is 27.2 Å². The van der Waals surface area contributed by atoms with Crippen LogP contribution in [0.25, 0.3) is 11.1 Å². The number of alkyl halides is 3. The Morgan fingerprint density at radius 1 is 0.974 bits per heavy atom. The predicted octanol–water partition coefficient (Wildman–Crippen LogP) is 6.68. The molecule has 1 aliphatic carbocycles. The Morgan fingerprint density at radius 2 is 1.68 bits per heavy atom. The van der Waals surface area contributed by atoms with Gasteiger partial charge >= 0.3 is 18.1 Å². The van der Waals surface area contributed by atoms with Gasteiger partial charge in [0.2, 0.25) is 0 Å². The molecule has 2 unspecified atom stereocenters. The third-order valence-corrected chi connectivity index (χ3v) is 6.39. The summed E-state index contributed by atoms with van der Waals surface area (Å²) >= 11 is 0. The number of hydrogen-bond acceptors (Lipinski definition) is 4. The van der Waals surface area contributed by atoms with Crippen molar-refractivity contribution in [3.63, 3.8) is 0 Å². The molecule has 1 aliphatic rings. The zero-order valence-corrected chi connectivity index (χ0v) is 20.7. The second-order valence-corrected chi connectivity index (χ2v) is 9.03. The first-order chi connectivity index (χ1) is 18.0. The summed E-state index contributed by atoms with van der Waals surface area (Å²) in [5, 5.41) is 0. The minimum atomic E-state index is -4.60. The van der Waals surface area contributed by atoms with Crippen molar-refractivity contribution < 1.29 is 36.6 Å². The van der Waals surface area contributed by atoms with E-state index in [0.717, 1.165) is 23.6 Å². The molecule has 4 nitrogen and oxygen atoms in total. The maximum Gasteiger partial charge on any atom is 0.425 e. The van der Waals surface area contributed by atoms with E-state index >= 15 is 0 Å². The number of hydrogen-bond donors (Lipinski definition) is 0. The summed E-state index contributed by atoms with van der Waals surface area (Å²) in [4.78, 5) is 24.9. The average Bonchev–Trinajstić information content (AvgIpc) is 2.89. The first kappa shape index (κ1) is 26.9. The molecular weight excluding hydrogens is 500 g/mol. The quantitative estimate of drug-likeness (QED) is 0.162. The van der Waals surface area contributed by atoms with Crippen LogP contribution in [0.1, 0.15) is 47.3 Å². The molecule has 4 rings (SSSR count). The molecule has 3 aromatic rings. The summed E-state index contributed by atoms with van der Waals surface area (Å²) in [7, 11) is 0. The average molecular weight is 525 g/mol. The Balaban J connectivity index is 1.39. The fourth-order valence-corrected chi connectivity index (χ4v) is 4.23. The van der Waals surface area contributed by atoms with Gasteiger partial charge in [-0.3, -0.25) is 4.79 Å². The van der Waals surface area contributed by atoms with E-state index in [0.29, 0.717) is 35.3 Å². The van der Waals surface area contributed by atoms with Crippen LogP contribution in [-0.2, 0) is 22.4 Å². The normalized spacial score (nSPS) is 15.5. The summed E-state index contributed by atoms with van der Waals surface area (Å²) in [6, 6.07) is 16.3. The van der Waals surface area contributed by atoms with Gasteiger partial charge in [-0.1, -0.05) is 30.2 Å². The molecule has 0 bridgehead atoms. The Bertz CT molecular complexity index is 1410. The van der Waals surface area contributed by atoms with Crippen molar-refractivity contribution in [1.82, 2.24) is 0 Å². The topological polar surface area (TPSA) is 52.6 Å². The van der Waals surface area contributed by atoms with Crippen molar-refractivity contribution in [2.45, 2.75) is 45.4 Å². The van der Waals surface area contributed by atoms with Gasteiger partial charge in [0.05, 0.1) is 17.0 Å². The Labute approximate surface area is 217 Å². The number of benzene rings is 3. The minimum Gasteiger partial charge on any atom is -0.453 e. The molecule has 3 aromatic carbocycles. The van der Waals surface area contributed by atoms with Crippen LogP contribution in [0.3, 0.4) is 0 Å². The summed E-state index contributed by atoms with van der Waals surface area (Å²) < 4.78 is 62.4. The number of fused-ring (bicyclic) bond motifs is 1. The maximum absolute atomic E-state index is 14.2. The van der Waals surface area contributed by atoms with E-state index in [1.165, 1.54) is 6.07 Å². The van der Waals surface area contributed by atoms with Crippen molar-refractivity contribution >= 4 is 11.9 Å². The first-order valence-corrected chi connectivity index (χ1v) is 12.0. The van der Waals surface area contributed by atoms with Crippen LogP contribution in [0.5, 0.6) is 5.75 Å². The lowest BCUT2D eigenvalue weighted by Gasteiger charge is -2.25. The minimum absolute atomic E-state index is 0.251. The van der Waals surface area contributed by atoms with Gasteiger partial charge in [0, 0.05) is 0 Å². The molecule has 0 aliphatic heterocycles. The largest absolute Gasteiger partial charge is 0.453 e. The van der Waals surface area contributed by atoms with Crippen molar-refractivity contribution in [2.24, 2.45) is 5.92 Å². The summed E-state index contributed by atoms with van der Waals surface area (Å²) in [5.41, 5.74) is 3.65. The zero-order valence-electron chi connectivity index (χ0n) is 20.7. The Hall–Kier alpha value is -4.12. The lowest BCUT2D eigenvalue weighted by atomic mass is 9.84. The standard InChI is InChI=1S/C30H24F4O4/c1-3-4-20-7-10-24(17-27(20)31)19-5-8-21(9-6-19)28(35)38-26-14-13-22-15-25(12-11-23(22)16-26)29(36)37-18(2)30(32,33)34/h5-10,13-14,16-18,25H,11-12,15H2,1-2H3. The second kappa shape index (κ2) is 11.1. The summed E-state index contributed by atoms with van der Waals surface area (Å²) in [6.07, 6.45) is -5.73. The van der Waals surface area contributed by atoms with Crippen LogP contribution in [0, 0.1) is 23.6 Å². The number of halogens is 4. The van der Waals surface area contributed by atoms with E-state index in [1.807, 2.05) is 0 Å². The molecule has 196 valence electrons. The van der Waals surface area contributed by atoms with Gasteiger partial charge in [-0.15, -0.1) is 5.92 Å². The SMILES string of the molecule is CC#Cc1ccc(-c2ccc(C(=O)Oc3ccc4c(c3)CCC(C(=O)OC(C)C(F)(F)F)C4)cc2)cc1F. The number of aryl methyl sites for hydroxylation is 1. The van der Waals surface area contributed by atoms with E-state index < -0.39 is 36.0 Å². The van der Waals surface area contributed by atoms with Crippen molar-refractivity contribution in [3.05, 3.63) is 88.7 Å². The Kier molecular flexibility index (Phi) is 7.86. The molecule has 0 saturated carbocycles. The van der Waals surface area contributed by atoms with Crippen molar-refractivity contribution in [2.75, 3.05) is 0 Å². The molecule has 0 fully saturated rings. The number of esters is 2. The molecule has 0 saturated heterocycles. The van der Waals surface area contributed by atoms with E-state index in [-0.39, 0.29) is 6.42 Å². The lowest BCUT2D eigenvalue weighted by Crippen LogP contribution is -2.34. The van der Waals surface area contributed by atoms with E-state index in [4.69, 9.17) is 4.74 Å². The van der Waals surface area contributed by atoms with Gasteiger partial charge in [-0.05, 0) is 91.8 Å². The van der Waals surface area contributed by atoms with Gasteiger partial charge in [-0.25, -0.2) is 9.18 Å². The molecule has 0 amide bonds. The molecule has 8 heteroatoms. The fraction of sp³-hybridized carbons (Fsp3) is 0.267. The highest BCUT2D eigenvalue weighted by Gasteiger charge is 2.40. The number of rotatable bonds is 5. The monoisotopic (exact) mass is 524 g/mol. The van der Waals surface area contributed by atoms with Gasteiger partial charge in [0.15, 0.2) is 6.10 Å². The number of carbonyl (C=O) groups is 2. The van der Waals surface area contributed by atoms with Gasteiger partial charge in [0.1, 0.15) is 11.6 Å². The van der Waals surface area contributed by atoms with Crippen LogP contribution in [-0.4, -0.2) is 24.2 Å². The highest BCUT2D eigenvalue weighted by Crippen LogP contribution is 2.31. The molecule has 0 heterocycles. The Morgan fingerprint density at radius 3 is 2.34 bits per heavy atom. The smallest absolute Gasteiger partial charge is 0.425 e. The molecule has 0 spiro atoms. The van der Waals surface area contributed by atoms with Crippen LogP contribution in [0.15, 0.2) is 60.7 Å². The highest BCUT2D eigenvalue weighted by molar-refractivity contribution is 5.91. The van der Waals surface area contributed by atoms with Gasteiger partial charge in [0.25, 0.3) is 0 Å². The highest BCUT2D eigenvalue weighted by atomic mass is 19.4. The van der Waals surface area contributed by atoms with Gasteiger partial charge in [-0.2, -0.15) is 13.2 Å². The second-order valence-electron chi connectivity index (χ2n) is 9.03. The summed E-state index contributed by atoms with van der Waals surface area (Å²) in [5.74, 6) is 3.15. The van der Waals surface area contributed by atoms with E-state index in [2.05, 4.69) is 16.6 Å². The molecule has 2 atom stereocenters. The molecule has 0 N–H and O–H groups in total. The zero-order chi connectivity index (χ0) is 27.4. The van der Waals surface area contributed by atoms with Crippen LogP contribution in [0.4, 0.5) is 17.6 Å². The molecule has 0 radical (unpaired) electrons. The first-order valence-electron chi connectivity index (χ1n) is 12.0. The van der Waals surface area contributed by atoms with Crippen molar-refractivity contribution in [1.29, 1.82) is 0 Å². The molecule has 38 heavy (non-hydrogen) atoms. The lowest BCUT2D eigenvalue weighted by molar-refractivity contribution is -0.218. The predicted molar refractivity (Wildman–Crippen MR) is 133 cm³/mol. The van der Waals surface area contributed by atoms with Crippen LogP contribution >= 0.6 is 0 Å². The van der Waals surface area contributed by atoms with Gasteiger partial charge < -0.3 is 9.47 Å². The third kappa shape index (κ3) is 6.23.